The number of anilines is 1. The zero-order valence-electron chi connectivity index (χ0n) is 7.71. The molecule has 0 saturated heterocycles. The summed E-state index contributed by atoms with van der Waals surface area (Å²) in [6.45, 7) is 0. The Morgan fingerprint density at radius 1 is 1.38 bits per heavy atom. The number of hydrogen-bond donors (Lipinski definition) is 2. The molecule has 0 spiro atoms. The van der Waals surface area contributed by atoms with Gasteiger partial charge in [0, 0.05) is 0 Å². The molecule has 1 amide bonds. The molecule has 1 aromatic carbocycles. The number of halogens is 3. The van der Waals surface area contributed by atoms with E-state index in [1.807, 2.05) is 5.32 Å². The van der Waals surface area contributed by atoms with E-state index in [2.05, 4.69) is 0 Å². The van der Waals surface area contributed by atoms with Crippen LogP contribution in [0.3, 0.4) is 0 Å². The minimum Gasteiger partial charge on any atom is -0.478 e. The van der Waals surface area contributed by atoms with E-state index in [1.165, 1.54) is 0 Å². The second kappa shape index (κ2) is 4.21. The average Bonchev–Trinajstić information content (AvgIpc) is 2.16. The van der Waals surface area contributed by atoms with Crippen LogP contribution in [0.2, 0.25) is 0 Å². The van der Waals surface area contributed by atoms with E-state index < -0.39 is 29.0 Å². The third-order valence-corrected chi connectivity index (χ3v) is 1.79. The van der Waals surface area contributed by atoms with Crippen molar-refractivity contribution in [2.45, 2.75) is 6.18 Å². The molecule has 16 heavy (non-hydrogen) atoms. The molecule has 86 valence electrons. The number of aromatic carboxylic acids is 1. The molecule has 0 bridgehead atoms. The summed E-state index contributed by atoms with van der Waals surface area (Å²) in [5, 5.41) is 10.6. The standard InChI is InChI=1S/C9H6F3NO3/c10-9(11,12)5-1-2-6(8(15)16)7(3-5)13-4-14/h1-4H,(H,13,14)(H,15,16). The summed E-state index contributed by atoms with van der Waals surface area (Å²) in [6, 6.07) is 1.99. The maximum absolute atomic E-state index is 12.3. The summed E-state index contributed by atoms with van der Waals surface area (Å²) >= 11 is 0. The number of amides is 1. The zero-order chi connectivity index (χ0) is 12.3. The minimum absolute atomic E-state index is 0.113. The van der Waals surface area contributed by atoms with Crippen molar-refractivity contribution in [1.82, 2.24) is 0 Å². The third kappa shape index (κ3) is 2.50. The van der Waals surface area contributed by atoms with Gasteiger partial charge in [0.2, 0.25) is 6.41 Å². The molecule has 2 N–H and O–H groups in total. The van der Waals surface area contributed by atoms with Gasteiger partial charge in [-0.15, -0.1) is 0 Å². The molecule has 0 fully saturated rings. The first kappa shape index (κ1) is 12.0. The normalized spacial score (nSPS) is 10.9. The monoisotopic (exact) mass is 233 g/mol. The molecule has 0 aliphatic carbocycles. The van der Waals surface area contributed by atoms with Gasteiger partial charge in [-0.1, -0.05) is 0 Å². The van der Waals surface area contributed by atoms with Crippen molar-refractivity contribution < 1.29 is 27.9 Å². The summed E-state index contributed by atoms with van der Waals surface area (Å²) in [4.78, 5) is 20.7. The number of carboxylic acids is 1. The lowest BCUT2D eigenvalue weighted by atomic mass is 10.1. The van der Waals surface area contributed by atoms with Crippen LogP contribution in [0.5, 0.6) is 0 Å². The van der Waals surface area contributed by atoms with E-state index in [-0.39, 0.29) is 6.41 Å². The van der Waals surface area contributed by atoms with Gasteiger partial charge in [0.1, 0.15) is 0 Å². The van der Waals surface area contributed by atoms with Crippen molar-refractivity contribution in [3.05, 3.63) is 29.3 Å². The van der Waals surface area contributed by atoms with Crippen molar-refractivity contribution in [2.24, 2.45) is 0 Å². The smallest absolute Gasteiger partial charge is 0.416 e. The lowest BCUT2D eigenvalue weighted by Gasteiger charge is -2.10. The van der Waals surface area contributed by atoms with Crippen molar-refractivity contribution in [3.8, 4) is 0 Å². The highest BCUT2D eigenvalue weighted by Crippen LogP contribution is 2.32. The fraction of sp³-hybridized carbons (Fsp3) is 0.111. The number of carbonyl (C=O) groups is 2. The molecule has 1 aromatic rings. The van der Waals surface area contributed by atoms with Gasteiger partial charge in [-0.05, 0) is 18.2 Å². The second-order valence-corrected chi connectivity index (χ2v) is 2.83. The van der Waals surface area contributed by atoms with Crippen LogP contribution in [-0.4, -0.2) is 17.5 Å². The molecule has 0 heterocycles. The molecule has 0 aliphatic heterocycles. The Bertz CT molecular complexity index is 428. The largest absolute Gasteiger partial charge is 0.478 e. The quantitative estimate of drug-likeness (QED) is 0.784. The van der Waals surface area contributed by atoms with Crippen LogP contribution >= 0.6 is 0 Å². The van der Waals surface area contributed by atoms with Crippen molar-refractivity contribution in [2.75, 3.05) is 5.32 Å². The number of nitrogens with one attached hydrogen (secondary N) is 1. The number of benzene rings is 1. The van der Waals surface area contributed by atoms with Gasteiger partial charge in [-0.25, -0.2) is 4.79 Å². The Hall–Kier alpha value is -2.05. The predicted octanol–water partition coefficient (Wildman–Crippen LogP) is 1.97. The first-order valence-electron chi connectivity index (χ1n) is 4.01. The molecule has 0 aromatic heterocycles. The topological polar surface area (TPSA) is 66.4 Å². The van der Waals surface area contributed by atoms with Crippen LogP contribution in [0.15, 0.2) is 18.2 Å². The number of carbonyl (C=O) groups excluding carboxylic acids is 1. The molecular weight excluding hydrogens is 227 g/mol. The highest BCUT2D eigenvalue weighted by Gasteiger charge is 2.31. The summed E-state index contributed by atoms with van der Waals surface area (Å²) < 4.78 is 36.8. The van der Waals surface area contributed by atoms with E-state index in [1.54, 1.807) is 0 Å². The van der Waals surface area contributed by atoms with Crippen LogP contribution in [0.4, 0.5) is 18.9 Å². The highest BCUT2D eigenvalue weighted by molar-refractivity contribution is 5.96. The van der Waals surface area contributed by atoms with E-state index in [0.717, 1.165) is 6.07 Å². The maximum Gasteiger partial charge on any atom is 0.416 e. The van der Waals surface area contributed by atoms with Crippen LogP contribution in [0, 0.1) is 0 Å². The van der Waals surface area contributed by atoms with E-state index in [9.17, 15) is 22.8 Å². The third-order valence-electron chi connectivity index (χ3n) is 1.79. The number of alkyl halides is 3. The summed E-state index contributed by atoms with van der Waals surface area (Å²) in [6.07, 6.45) is -4.47. The fourth-order valence-corrected chi connectivity index (χ4v) is 1.09. The summed E-state index contributed by atoms with van der Waals surface area (Å²) in [7, 11) is 0. The number of hydrogen-bond acceptors (Lipinski definition) is 2. The van der Waals surface area contributed by atoms with Crippen LogP contribution in [0.25, 0.3) is 0 Å². The van der Waals surface area contributed by atoms with E-state index in [0.29, 0.717) is 12.1 Å². The first-order chi connectivity index (χ1) is 7.36. The fourth-order valence-electron chi connectivity index (χ4n) is 1.09. The first-order valence-corrected chi connectivity index (χ1v) is 4.01. The number of carboxylic acid groups (broad SMARTS) is 1. The SMILES string of the molecule is O=CNc1cc(C(F)(F)F)ccc1C(=O)O. The molecule has 0 radical (unpaired) electrons. The lowest BCUT2D eigenvalue weighted by molar-refractivity contribution is -0.137. The van der Waals surface area contributed by atoms with Gasteiger partial charge < -0.3 is 10.4 Å². The van der Waals surface area contributed by atoms with E-state index in [4.69, 9.17) is 5.11 Å². The summed E-state index contributed by atoms with van der Waals surface area (Å²) in [5.74, 6) is -1.42. The van der Waals surface area contributed by atoms with Gasteiger partial charge in [0.25, 0.3) is 0 Å². The second-order valence-electron chi connectivity index (χ2n) is 2.83. The minimum atomic E-state index is -4.59. The van der Waals surface area contributed by atoms with Gasteiger partial charge in [0.15, 0.2) is 0 Å². The molecule has 0 unspecified atom stereocenters. The Morgan fingerprint density at radius 2 is 2.00 bits per heavy atom. The van der Waals surface area contributed by atoms with Crippen molar-refractivity contribution in [3.63, 3.8) is 0 Å². The predicted molar refractivity (Wildman–Crippen MR) is 48.1 cm³/mol. The summed E-state index contributed by atoms with van der Waals surface area (Å²) in [5.41, 5.74) is -1.82. The molecule has 1 rings (SSSR count). The molecule has 0 aliphatic rings. The van der Waals surface area contributed by atoms with Crippen molar-refractivity contribution in [1.29, 1.82) is 0 Å². The average molecular weight is 233 g/mol. The highest BCUT2D eigenvalue weighted by atomic mass is 19.4. The molecular formula is C9H6F3NO3. The van der Waals surface area contributed by atoms with Gasteiger partial charge in [-0.2, -0.15) is 13.2 Å². The van der Waals surface area contributed by atoms with Crippen molar-refractivity contribution >= 4 is 18.1 Å². The Morgan fingerprint density at radius 3 is 2.44 bits per heavy atom. The number of rotatable bonds is 3. The molecule has 7 heteroatoms. The van der Waals surface area contributed by atoms with E-state index >= 15 is 0 Å². The maximum atomic E-state index is 12.3. The van der Waals surface area contributed by atoms with Crippen LogP contribution < -0.4 is 5.32 Å². The van der Waals surface area contributed by atoms with Crippen LogP contribution in [-0.2, 0) is 11.0 Å². The lowest BCUT2D eigenvalue weighted by Crippen LogP contribution is -2.10. The molecule has 0 atom stereocenters. The van der Waals surface area contributed by atoms with Crippen LogP contribution in [0.1, 0.15) is 15.9 Å². The van der Waals surface area contributed by atoms with Gasteiger partial charge >= 0.3 is 12.1 Å². The Labute approximate surface area is 87.7 Å². The zero-order valence-corrected chi connectivity index (χ0v) is 7.71. The van der Waals surface area contributed by atoms with Gasteiger partial charge in [0.05, 0.1) is 16.8 Å². The Balaban J connectivity index is 3.27. The Kier molecular flexibility index (Phi) is 3.17. The van der Waals surface area contributed by atoms with Gasteiger partial charge in [-0.3, -0.25) is 4.79 Å². The molecule has 0 saturated carbocycles. The molecule has 4 nitrogen and oxygen atoms in total.